The number of phosphoric acid groups is 1. The van der Waals surface area contributed by atoms with Gasteiger partial charge >= 0.3 is 25.7 Å². The van der Waals surface area contributed by atoms with E-state index in [2.05, 4.69) is 93.7 Å². The minimum absolute atomic E-state index is 0.0685. The quantitative estimate of drug-likeness (QED) is 0.0197. The number of rotatable bonds is 45. The zero-order chi connectivity index (χ0) is 48.4. The Balaban J connectivity index is 4.83. The molecule has 3 atom stereocenters. The molecule has 0 aromatic heterocycles. The highest BCUT2D eigenvalue weighted by Crippen LogP contribution is 2.43. The van der Waals surface area contributed by atoms with Gasteiger partial charge in [-0.05, 0) is 77.0 Å². The van der Waals surface area contributed by atoms with Crippen LogP contribution in [0.15, 0.2) is 97.2 Å². The number of hydrogen-bond acceptors (Lipinski definition) is 10. The van der Waals surface area contributed by atoms with Crippen molar-refractivity contribution in [2.75, 3.05) is 26.4 Å². The lowest BCUT2D eigenvalue weighted by molar-refractivity contribution is -0.160. The van der Waals surface area contributed by atoms with Crippen molar-refractivity contribution in [1.29, 1.82) is 0 Å². The van der Waals surface area contributed by atoms with Crippen LogP contribution in [0, 0.1) is 0 Å². The molecule has 66 heavy (non-hydrogen) atoms. The van der Waals surface area contributed by atoms with Gasteiger partial charge in [0.05, 0.1) is 26.2 Å². The number of carbonyl (C=O) groups is 3. The molecule has 0 heterocycles. The van der Waals surface area contributed by atoms with Crippen LogP contribution in [0.2, 0.25) is 0 Å². The van der Waals surface area contributed by atoms with Gasteiger partial charge in [-0.15, -0.1) is 0 Å². The van der Waals surface area contributed by atoms with Crippen molar-refractivity contribution in [3.63, 3.8) is 0 Å². The molecular weight excluding hydrogens is 856 g/mol. The Morgan fingerprint density at radius 3 is 1.33 bits per heavy atom. The number of aliphatic hydroxyl groups excluding tert-OH is 1. The standard InChI is InChI=1S/C54H89O11P/c1-4-7-10-13-16-19-21-23-25-27-29-32-35-38-41-44-53(57)64-50(46-55)48-62-66(59,60)63-49-51(47-61-52(56)43-40-37-34-31-18-15-12-9-6-3)65-54(58)45-42-39-36-33-30-28-26-24-22-20-17-14-11-8-5-2/h7-8,10-11,16-17,19-20,23-26,30,33,39,42,50-51,55H,4-6,9,12-15,18,21-22,27-29,31-32,34-38,40-41,43-49H2,1-3H3,(H,59,60)/b10-7-,11-8-,19-16-,20-17-,25-23-,26-24-,33-30-,42-39-. The lowest BCUT2D eigenvalue weighted by atomic mass is 10.1. The van der Waals surface area contributed by atoms with E-state index in [4.69, 9.17) is 23.3 Å². The van der Waals surface area contributed by atoms with Crippen LogP contribution in [-0.4, -0.2) is 66.5 Å². The van der Waals surface area contributed by atoms with Gasteiger partial charge in [0.15, 0.2) is 6.10 Å². The van der Waals surface area contributed by atoms with Gasteiger partial charge in [0, 0.05) is 12.8 Å². The fourth-order valence-corrected chi connectivity index (χ4v) is 7.05. The zero-order valence-electron chi connectivity index (χ0n) is 41.1. The maximum Gasteiger partial charge on any atom is 0.472 e. The summed E-state index contributed by atoms with van der Waals surface area (Å²) in [5, 5.41) is 9.76. The zero-order valence-corrected chi connectivity index (χ0v) is 42.0. The fraction of sp³-hybridized carbons (Fsp3) is 0.648. The highest BCUT2D eigenvalue weighted by atomic mass is 31.2. The summed E-state index contributed by atoms with van der Waals surface area (Å²) in [5.41, 5.74) is 0. The van der Waals surface area contributed by atoms with Crippen LogP contribution in [0.3, 0.4) is 0 Å². The van der Waals surface area contributed by atoms with Crippen molar-refractivity contribution in [3.8, 4) is 0 Å². The molecule has 11 nitrogen and oxygen atoms in total. The molecule has 0 fully saturated rings. The van der Waals surface area contributed by atoms with Crippen molar-refractivity contribution in [2.24, 2.45) is 0 Å². The molecule has 0 aromatic rings. The second kappa shape index (κ2) is 47.9. The molecule has 0 saturated heterocycles. The molecule has 12 heteroatoms. The van der Waals surface area contributed by atoms with E-state index in [1.165, 1.54) is 32.1 Å². The molecule has 0 aliphatic rings. The van der Waals surface area contributed by atoms with E-state index in [1.54, 1.807) is 6.08 Å². The Morgan fingerprint density at radius 2 is 0.848 bits per heavy atom. The Labute approximate surface area is 400 Å². The Morgan fingerprint density at radius 1 is 0.455 bits per heavy atom. The molecule has 0 bridgehead atoms. The average molecular weight is 945 g/mol. The van der Waals surface area contributed by atoms with Gasteiger partial charge in [-0.1, -0.05) is 189 Å². The predicted octanol–water partition coefficient (Wildman–Crippen LogP) is 14.1. The number of hydrogen-bond donors (Lipinski definition) is 2. The third kappa shape index (κ3) is 45.6. The van der Waals surface area contributed by atoms with E-state index in [-0.39, 0.29) is 25.9 Å². The van der Waals surface area contributed by atoms with Crippen LogP contribution in [0.4, 0.5) is 0 Å². The highest BCUT2D eigenvalue weighted by molar-refractivity contribution is 7.47. The van der Waals surface area contributed by atoms with Gasteiger partial charge in [0.1, 0.15) is 12.7 Å². The maximum atomic E-state index is 12.8. The first-order valence-electron chi connectivity index (χ1n) is 25.1. The summed E-state index contributed by atoms with van der Waals surface area (Å²) in [6.07, 6.45) is 54.2. The van der Waals surface area contributed by atoms with Crippen molar-refractivity contribution < 1.29 is 52.2 Å². The van der Waals surface area contributed by atoms with Crippen LogP contribution in [0.5, 0.6) is 0 Å². The second-order valence-corrected chi connectivity index (χ2v) is 17.7. The van der Waals surface area contributed by atoms with Crippen LogP contribution in [0.1, 0.15) is 188 Å². The van der Waals surface area contributed by atoms with Crippen molar-refractivity contribution in [2.45, 2.75) is 200 Å². The molecule has 2 N–H and O–H groups in total. The molecule has 0 amide bonds. The van der Waals surface area contributed by atoms with E-state index < -0.39 is 57.8 Å². The van der Waals surface area contributed by atoms with Crippen LogP contribution in [-0.2, 0) is 42.2 Å². The summed E-state index contributed by atoms with van der Waals surface area (Å²) in [5.74, 6) is -1.65. The van der Waals surface area contributed by atoms with E-state index in [9.17, 15) is 28.9 Å². The van der Waals surface area contributed by atoms with Gasteiger partial charge in [0.2, 0.25) is 0 Å². The summed E-state index contributed by atoms with van der Waals surface area (Å²) in [6.45, 7) is 4.23. The van der Waals surface area contributed by atoms with Crippen LogP contribution in [0.25, 0.3) is 0 Å². The molecule has 0 radical (unpaired) electrons. The Hall–Kier alpha value is -3.60. The molecule has 0 spiro atoms. The summed E-state index contributed by atoms with van der Waals surface area (Å²) >= 11 is 0. The number of aliphatic hydroxyl groups is 1. The summed E-state index contributed by atoms with van der Waals surface area (Å²) in [6, 6.07) is 0. The molecule has 0 aliphatic heterocycles. The van der Waals surface area contributed by atoms with Crippen LogP contribution < -0.4 is 0 Å². The van der Waals surface area contributed by atoms with Gasteiger partial charge in [0.25, 0.3) is 0 Å². The lowest BCUT2D eigenvalue weighted by Crippen LogP contribution is -2.30. The number of allylic oxidation sites excluding steroid dienone is 15. The third-order valence-electron chi connectivity index (χ3n) is 10.0. The van der Waals surface area contributed by atoms with Gasteiger partial charge < -0.3 is 24.2 Å². The predicted molar refractivity (Wildman–Crippen MR) is 270 cm³/mol. The molecule has 3 unspecified atom stereocenters. The van der Waals surface area contributed by atoms with Crippen molar-refractivity contribution in [1.82, 2.24) is 0 Å². The Kier molecular flexibility index (Phi) is 45.3. The van der Waals surface area contributed by atoms with E-state index >= 15 is 0 Å². The number of phosphoric ester groups is 1. The summed E-state index contributed by atoms with van der Waals surface area (Å²) in [4.78, 5) is 48.1. The van der Waals surface area contributed by atoms with E-state index in [1.807, 2.05) is 18.2 Å². The normalized spacial score (nSPS) is 14.3. The SMILES string of the molecule is CC/C=C\C/C=C\C/C=C\C/C=C\C/C=C\CC(=O)OC(COC(=O)CCCCCCCCCCC)COP(=O)(O)OCC(CO)OC(=O)CCCCCCC/C=C\C/C=C\C/C=C\CC. The van der Waals surface area contributed by atoms with E-state index in [0.717, 1.165) is 96.3 Å². The number of unbranched alkanes of at least 4 members (excludes halogenated alkanes) is 13. The number of carbonyl (C=O) groups excluding carboxylic acids is 3. The first-order valence-corrected chi connectivity index (χ1v) is 26.6. The molecule has 376 valence electrons. The monoisotopic (exact) mass is 945 g/mol. The largest absolute Gasteiger partial charge is 0.472 e. The minimum atomic E-state index is -4.77. The third-order valence-corrected chi connectivity index (χ3v) is 11.0. The average Bonchev–Trinajstić information content (AvgIpc) is 3.30. The topological polar surface area (TPSA) is 155 Å². The summed E-state index contributed by atoms with van der Waals surface area (Å²) in [7, 11) is -4.77. The van der Waals surface area contributed by atoms with Crippen LogP contribution >= 0.6 is 7.82 Å². The maximum absolute atomic E-state index is 12.8. The van der Waals surface area contributed by atoms with E-state index in [0.29, 0.717) is 19.3 Å². The molecule has 0 aliphatic carbocycles. The first-order chi connectivity index (χ1) is 32.2. The highest BCUT2D eigenvalue weighted by Gasteiger charge is 2.28. The van der Waals surface area contributed by atoms with Crippen molar-refractivity contribution >= 4 is 25.7 Å². The first kappa shape index (κ1) is 62.4. The fourth-order valence-electron chi connectivity index (χ4n) is 6.27. The number of esters is 3. The Bertz CT molecular complexity index is 1480. The molecular formula is C54H89O11P. The molecule has 0 saturated carbocycles. The molecule has 0 aromatic carbocycles. The minimum Gasteiger partial charge on any atom is -0.462 e. The van der Waals surface area contributed by atoms with Gasteiger partial charge in [-0.3, -0.25) is 23.4 Å². The van der Waals surface area contributed by atoms with Crippen molar-refractivity contribution in [3.05, 3.63) is 97.2 Å². The molecule has 0 rings (SSSR count). The smallest absolute Gasteiger partial charge is 0.462 e. The van der Waals surface area contributed by atoms with Gasteiger partial charge in [-0.2, -0.15) is 0 Å². The number of ether oxygens (including phenoxy) is 3. The second-order valence-electron chi connectivity index (χ2n) is 16.2. The van der Waals surface area contributed by atoms with Gasteiger partial charge in [-0.25, -0.2) is 4.57 Å². The lowest BCUT2D eigenvalue weighted by Gasteiger charge is -2.21. The summed E-state index contributed by atoms with van der Waals surface area (Å²) < 4.78 is 39.1.